The Labute approximate surface area is 153 Å². The highest BCUT2D eigenvalue weighted by molar-refractivity contribution is 9.10. The van der Waals surface area contributed by atoms with Crippen LogP contribution < -0.4 is 25.6 Å². The molecule has 2 rings (SSSR count). The Hall–Kier alpha value is -2.74. The first-order chi connectivity index (χ1) is 12.0. The van der Waals surface area contributed by atoms with E-state index in [1.807, 2.05) is 12.1 Å². The lowest BCUT2D eigenvalue weighted by molar-refractivity contribution is -0.119. The van der Waals surface area contributed by atoms with E-state index in [2.05, 4.69) is 32.1 Å². The Bertz CT molecular complexity index is 750. The molecule has 2 aromatic rings. The van der Waals surface area contributed by atoms with Gasteiger partial charge in [0.05, 0.1) is 26.5 Å². The Morgan fingerprint density at radius 3 is 2.32 bits per heavy atom. The molecular formula is C17H18BrN3O4. The molecule has 0 aliphatic carbocycles. The second-order valence-electron chi connectivity index (χ2n) is 4.93. The molecule has 0 heterocycles. The average Bonchev–Trinajstić information content (AvgIpc) is 2.64. The summed E-state index contributed by atoms with van der Waals surface area (Å²) in [6.07, 6.45) is 0. The fourth-order valence-electron chi connectivity index (χ4n) is 1.96. The SMILES string of the molecule is COc1ccc(C(=O)NCC(=O)NNc2ccc(Br)cc2)cc1OC. The van der Waals surface area contributed by atoms with Crippen LogP contribution in [0.1, 0.15) is 10.4 Å². The van der Waals surface area contributed by atoms with Crippen LogP contribution in [0.25, 0.3) is 0 Å². The van der Waals surface area contributed by atoms with Crippen molar-refractivity contribution in [3.8, 4) is 11.5 Å². The fourth-order valence-corrected chi connectivity index (χ4v) is 2.22. The maximum Gasteiger partial charge on any atom is 0.257 e. The van der Waals surface area contributed by atoms with E-state index in [9.17, 15) is 9.59 Å². The third-order valence-corrected chi connectivity index (χ3v) is 3.77. The van der Waals surface area contributed by atoms with Crippen molar-refractivity contribution in [3.05, 3.63) is 52.5 Å². The predicted molar refractivity (Wildman–Crippen MR) is 97.8 cm³/mol. The number of amides is 2. The smallest absolute Gasteiger partial charge is 0.257 e. The van der Waals surface area contributed by atoms with Crippen molar-refractivity contribution in [1.82, 2.24) is 10.7 Å². The van der Waals surface area contributed by atoms with Gasteiger partial charge in [-0.15, -0.1) is 0 Å². The van der Waals surface area contributed by atoms with Crippen molar-refractivity contribution >= 4 is 33.4 Å². The second kappa shape index (κ2) is 8.93. The Morgan fingerprint density at radius 1 is 1.00 bits per heavy atom. The number of anilines is 1. The van der Waals surface area contributed by atoms with Gasteiger partial charge >= 0.3 is 0 Å². The summed E-state index contributed by atoms with van der Waals surface area (Å²) in [6, 6.07) is 12.0. The summed E-state index contributed by atoms with van der Waals surface area (Å²) in [5.74, 6) is 0.198. The number of ether oxygens (including phenoxy) is 2. The van der Waals surface area contributed by atoms with E-state index >= 15 is 0 Å². The minimum Gasteiger partial charge on any atom is -0.493 e. The highest BCUT2D eigenvalue weighted by Crippen LogP contribution is 2.27. The normalized spacial score (nSPS) is 9.88. The summed E-state index contributed by atoms with van der Waals surface area (Å²) in [7, 11) is 3.00. The summed E-state index contributed by atoms with van der Waals surface area (Å²) in [5.41, 5.74) is 6.35. The molecule has 0 saturated carbocycles. The first kappa shape index (κ1) is 18.6. The number of hydrogen-bond acceptors (Lipinski definition) is 5. The van der Waals surface area contributed by atoms with Crippen molar-refractivity contribution in [2.75, 3.05) is 26.2 Å². The molecule has 0 atom stereocenters. The van der Waals surface area contributed by atoms with Crippen LogP contribution in [-0.4, -0.2) is 32.6 Å². The summed E-state index contributed by atoms with van der Waals surface area (Å²) in [5, 5.41) is 2.54. The van der Waals surface area contributed by atoms with Gasteiger partial charge in [0, 0.05) is 10.0 Å². The number of rotatable bonds is 7. The number of carbonyl (C=O) groups is 2. The maximum absolute atomic E-state index is 12.1. The maximum atomic E-state index is 12.1. The number of benzene rings is 2. The molecule has 3 N–H and O–H groups in total. The van der Waals surface area contributed by atoms with Crippen LogP contribution in [0.2, 0.25) is 0 Å². The van der Waals surface area contributed by atoms with Crippen molar-refractivity contribution in [3.63, 3.8) is 0 Å². The van der Waals surface area contributed by atoms with Crippen molar-refractivity contribution in [2.45, 2.75) is 0 Å². The lowest BCUT2D eigenvalue weighted by atomic mass is 10.2. The van der Waals surface area contributed by atoms with Crippen molar-refractivity contribution in [1.29, 1.82) is 0 Å². The van der Waals surface area contributed by atoms with Gasteiger partial charge in [-0.1, -0.05) is 15.9 Å². The van der Waals surface area contributed by atoms with Crippen LogP contribution in [-0.2, 0) is 4.79 Å². The van der Waals surface area contributed by atoms with E-state index < -0.39 is 0 Å². The standard InChI is InChI=1S/C17H18BrN3O4/c1-24-14-8-3-11(9-15(14)25-2)17(23)19-10-16(22)21-20-13-6-4-12(18)5-7-13/h3-9,20H,10H2,1-2H3,(H,19,23)(H,21,22). The number of nitrogens with one attached hydrogen (secondary N) is 3. The Morgan fingerprint density at radius 2 is 1.68 bits per heavy atom. The summed E-state index contributed by atoms with van der Waals surface area (Å²) >= 11 is 3.33. The van der Waals surface area contributed by atoms with E-state index in [0.29, 0.717) is 17.1 Å². The fraction of sp³-hybridized carbons (Fsp3) is 0.176. The largest absolute Gasteiger partial charge is 0.493 e. The van der Waals surface area contributed by atoms with E-state index in [4.69, 9.17) is 9.47 Å². The van der Waals surface area contributed by atoms with Gasteiger partial charge in [0.1, 0.15) is 0 Å². The number of hydrazine groups is 1. The van der Waals surface area contributed by atoms with Crippen LogP contribution >= 0.6 is 15.9 Å². The van der Waals surface area contributed by atoms with Gasteiger partial charge in [0.25, 0.3) is 11.8 Å². The van der Waals surface area contributed by atoms with E-state index in [1.165, 1.54) is 14.2 Å². The monoisotopic (exact) mass is 407 g/mol. The first-order valence-corrected chi connectivity index (χ1v) is 8.13. The lowest BCUT2D eigenvalue weighted by Crippen LogP contribution is -2.39. The van der Waals surface area contributed by atoms with Crippen molar-refractivity contribution in [2.24, 2.45) is 0 Å². The molecule has 0 spiro atoms. The molecule has 0 unspecified atom stereocenters. The van der Waals surface area contributed by atoms with Crippen LogP contribution in [0.4, 0.5) is 5.69 Å². The molecule has 2 aromatic carbocycles. The van der Waals surface area contributed by atoms with Gasteiger partial charge < -0.3 is 14.8 Å². The van der Waals surface area contributed by atoms with Crippen LogP contribution in [0, 0.1) is 0 Å². The topological polar surface area (TPSA) is 88.7 Å². The van der Waals surface area contributed by atoms with Gasteiger partial charge in [0.15, 0.2) is 11.5 Å². The van der Waals surface area contributed by atoms with E-state index in [-0.39, 0.29) is 18.4 Å². The van der Waals surface area contributed by atoms with Gasteiger partial charge in [-0.2, -0.15) is 0 Å². The highest BCUT2D eigenvalue weighted by Gasteiger charge is 2.11. The third-order valence-electron chi connectivity index (χ3n) is 3.25. The quantitative estimate of drug-likeness (QED) is 0.613. The molecule has 7 nitrogen and oxygen atoms in total. The zero-order valence-corrected chi connectivity index (χ0v) is 15.3. The highest BCUT2D eigenvalue weighted by atomic mass is 79.9. The predicted octanol–water partition coefficient (Wildman–Crippen LogP) is 2.34. The second-order valence-corrected chi connectivity index (χ2v) is 5.85. The first-order valence-electron chi connectivity index (χ1n) is 7.34. The molecule has 0 aromatic heterocycles. The average molecular weight is 408 g/mol. The molecule has 132 valence electrons. The molecule has 8 heteroatoms. The van der Waals surface area contributed by atoms with Gasteiger partial charge in [-0.3, -0.25) is 20.4 Å². The molecule has 2 amide bonds. The molecule has 0 saturated heterocycles. The summed E-state index contributed by atoms with van der Waals surface area (Å²) < 4.78 is 11.2. The molecule has 0 aliphatic rings. The van der Waals surface area contributed by atoms with E-state index in [0.717, 1.165) is 10.2 Å². The van der Waals surface area contributed by atoms with Gasteiger partial charge in [-0.25, -0.2) is 0 Å². The van der Waals surface area contributed by atoms with Crippen LogP contribution in [0.15, 0.2) is 46.9 Å². The molecule has 0 fully saturated rings. The minimum atomic E-state index is -0.389. The van der Waals surface area contributed by atoms with Gasteiger partial charge in [-0.05, 0) is 42.5 Å². The zero-order chi connectivity index (χ0) is 18.2. The molecule has 0 radical (unpaired) electrons. The molecule has 0 aliphatic heterocycles. The number of halogens is 1. The van der Waals surface area contributed by atoms with E-state index in [1.54, 1.807) is 30.3 Å². The number of carbonyl (C=O) groups excluding carboxylic acids is 2. The molecule has 25 heavy (non-hydrogen) atoms. The molecule has 0 bridgehead atoms. The summed E-state index contributed by atoms with van der Waals surface area (Å²) in [4.78, 5) is 23.9. The third kappa shape index (κ3) is 5.39. The van der Waals surface area contributed by atoms with Crippen LogP contribution in [0.3, 0.4) is 0 Å². The minimum absolute atomic E-state index is 0.170. The van der Waals surface area contributed by atoms with Crippen LogP contribution in [0.5, 0.6) is 11.5 Å². The Balaban J connectivity index is 1.84. The number of methoxy groups -OCH3 is 2. The number of hydrogen-bond donors (Lipinski definition) is 3. The zero-order valence-electron chi connectivity index (χ0n) is 13.8. The molecular weight excluding hydrogens is 390 g/mol. The van der Waals surface area contributed by atoms with Crippen molar-refractivity contribution < 1.29 is 19.1 Å². The Kier molecular flexibility index (Phi) is 6.64. The lowest BCUT2D eigenvalue weighted by Gasteiger charge is -2.11. The summed E-state index contributed by atoms with van der Waals surface area (Å²) in [6.45, 7) is -0.170. The van der Waals surface area contributed by atoms with Gasteiger partial charge in [0.2, 0.25) is 0 Å².